The summed E-state index contributed by atoms with van der Waals surface area (Å²) < 4.78 is 2.27. The van der Waals surface area contributed by atoms with Gasteiger partial charge in [0.25, 0.3) is 0 Å². The molecule has 1 heterocycles. The molecule has 1 aromatic heterocycles. The van der Waals surface area contributed by atoms with Crippen LogP contribution in [0.2, 0.25) is 6.82 Å². The van der Waals surface area contributed by atoms with E-state index in [1.807, 2.05) is 12.5 Å². The van der Waals surface area contributed by atoms with Crippen molar-refractivity contribution < 1.29 is 0 Å². The molecule has 238 valence electrons. The van der Waals surface area contributed by atoms with Crippen LogP contribution in [0.4, 0.5) is 0 Å². The second-order valence-electron chi connectivity index (χ2n) is 12.7. The maximum absolute atomic E-state index is 4.37. The van der Waals surface area contributed by atoms with Gasteiger partial charge in [-0.2, -0.15) is 0 Å². The fourth-order valence-corrected chi connectivity index (χ4v) is 11.0. The Hall–Kier alpha value is -4.41. The molecule has 6 aromatic rings. The second kappa shape index (κ2) is 17.5. The molecule has 0 spiro atoms. The van der Waals surface area contributed by atoms with E-state index in [-0.39, 0.29) is 0 Å². The molecule has 0 bridgehead atoms. The van der Waals surface area contributed by atoms with Crippen molar-refractivity contribution in [1.29, 1.82) is 0 Å². The minimum absolute atomic E-state index is 0.484. The molecule has 0 aliphatic heterocycles. The number of hydrogen-bond acceptors (Lipinski definition) is 1. The molecule has 0 N–H and O–H groups in total. The first kappa shape index (κ1) is 33.9. The highest BCUT2D eigenvalue weighted by molar-refractivity contribution is 7.10. The lowest BCUT2D eigenvalue weighted by molar-refractivity contribution is 0.795. The fraction of sp³-hybridized carbons (Fsp3) is 0.233. The van der Waals surface area contributed by atoms with Crippen LogP contribution in [0, 0.1) is 0 Å². The molecule has 0 fully saturated rings. The van der Waals surface area contributed by atoms with Crippen molar-refractivity contribution in [3.05, 3.63) is 169 Å². The van der Waals surface area contributed by atoms with Crippen molar-refractivity contribution in [2.24, 2.45) is 0 Å². The van der Waals surface area contributed by atoms with E-state index in [1.165, 1.54) is 63.3 Å². The largest absolute Gasteiger partial charge is 0.339 e. The van der Waals surface area contributed by atoms with Gasteiger partial charge in [-0.15, -0.1) is 0 Å². The van der Waals surface area contributed by atoms with Crippen LogP contribution in [0.15, 0.2) is 158 Å². The molecule has 4 heteroatoms. The molecule has 0 saturated heterocycles. The first-order valence-electron chi connectivity index (χ1n) is 17.4. The molecule has 0 saturated carbocycles. The van der Waals surface area contributed by atoms with E-state index in [1.54, 1.807) is 0 Å². The van der Waals surface area contributed by atoms with Gasteiger partial charge >= 0.3 is 0 Å². The number of aromatic nitrogens is 2. The summed E-state index contributed by atoms with van der Waals surface area (Å²) in [6, 6.07) is 51.4. The molecule has 5 aromatic carbocycles. The van der Waals surface area contributed by atoms with Crippen LogP contribution in [0.3, 0.4) is 0 Å². The Balaban J connectivity index is 0.000000257. The van der Waals surface area contributed by atoms with Gasteiger partial charge in [0, 0.05) is 18.6 Å². The van der Waals surface area contributed by atoms with Crippen LogP contribution >= 0.6 is 0 Å². The van der Waals surface area contributed by atoms with Crippen molar-refractivity contribution in [2.75, 3.05) is 0 Å². The lowest BCUT2D eigenvalue weighted by Crippen LogP contribution is -2.69. The zero-order chi connectivity index (χ0) is 32.7. The highest BCUT2D eigenvalue weighted by atomic mass is 28.3. The summed E-state index contributed by atoms with van der Waals surface area (Å²) in [4.78, 5) is 4.37. The third-order valence-corrected chi connectivity index (χ3v) is 14.2. The van der Waals surface area contributed by atoms with Crippen LogP contribution < -0.4 is 26.5 Å². The van der Waals surface area contributed by atoms with Gasteiger partial charge in [-0.3, -0.25) is 0 Å². The summed E-state index contributed by atoms with van der Waals surface area (Å²) in [5, 5.41) is 4.37. The van der Waals surface area contributed by atoms with Crippen LogP contribution in [0.25, 0.3) is 0 Å². The predicted octanol–water partition coefficient (Wildman–Crippen LogP) is 7.20. The third kappa shape index (κ3) is 8.90. The van der Waals surface area contributed by atoms with Crippen LogP contribution in [-0.4, -0.2) is 24.3 Å². The van der Waals surface area contributed by atoms with Gasteiger partial charge in [-0.25, -0.2) is 4.98 Å². The maximum Gasteiger partial charge on any atom is 0.206 e. The van der Waals surface area contributed by atoms with Gasteiger partial charge in [0.2, 0.25) is 6.71 Å². The van der Waals surface area contributed by atoms with Crippen molar-refractivity contribution in [2.45, 2.75) is 65.4 Å². The average molecular weight is 633 g/mol. The van der Waals surface area contributed by atoms with E-state index in [2.05, 4.69) is 176 Å². The molecule has 0 radical (unpaired) electrons. The average Bonchev–Trinajstić information content (AvgIpc) is 3.67. The Labute approximate surface area is 284 Å². The number of unbranched alkanes of at least 4 members (excludes halogenated alkanes) is 2. The Morgan fingerprint density at radius 2 is 0.979 bits per heavy atom. The number of rotatable bonds is 13. The summed E-state index contributed by atoms with van der Waals surface area (Å²) >= 11 is 0. The Morgan fingerprint density at radius 1 is 0.553 bits per heavy atom. The molecular weight excluding hydrogens is 583 g/mol. The lowest BCUT2D eigenvalue weighted by atomic mass is 9.43. The number of benzene rings is 5. The highest BCUT2D eigenvalue weighted by Gasteiger charge is 2.39. The molecule has 0 amide bonds. The molecule has 47 heavy (non-hydrogen) atoms. The normalized spacial score (nSPS) is 11.0. The maximum atomic E-state index is 4.37. The monoisotopic (exact) mass is 632 g/mol. The van der Waals surface area contributed by atoms with Crippen molar-refractivity contribution in [3.8, 4) is 0 Å². The van der Waals surface area contributed by atoms with Crippen molar-refractivity contribution >= 4 is 41.3 Å². The van der Waals surface area contributed by atoms with E-state index in [0.29, 0.717) is 6.71 Å². The minimum atomic E-state index is -2.31. The van der Waals surface area contributed by atoms with Crippen molar-refractivity contribution in [3.63, 3.8) is 0 Å². The van der Waals surface area contributed by atoms with Gasteiger partial charge < -0.3 is 4.57 Å². The van der Waals surface area contributed by atoms with Crippen LogP contribution in [0.5, 0.6) is 0 Å². The van der Waals surface area contributed by atoms with E-state index >= 15 is 0 Å². The molecule has 0 atom stereocenters. The standard InChI is InChI=1S/C30H36N2Si.C13H13B/c1-3-5-10-26-14-18-29(19-15-26)33(25-32-23-22-31-24-32,28-12-8-7-9-13-28)30-20-16-27(17-21-30)11-6-4-2;1-14(12-8-4-2-5-9-12)13-10-6-3-7-11-13/h7-9,12-24H,3-6,10-11,25H2,1-2H3;2-11H,1H3. The van der Waals surface area contributed by atoms with Gasteiger partial charge in [-0.1, -0.05) is 184 Å². The van der Waals surface area contributed by atoms with E-state index in [0.717, 1.165) is 19.0 Å². The van der Waals surface area contributed by atoms with E-state index in [4.69, 9.17) is 0 Å². The second-order valence-corrected chi connectivity index (χ2v) is 16.5. The number of nitrogens with zero attached hydrogens (tertiary/aromatic N) is 2. The predicted molar refractivity (Wildman–Crippen MR) is 207 cm³/mol. The summed E-state index contributed by atoms with van der Waals surface area (Å²) in [5.74, 6) is 0. The number of aryl methyl sites for hydroxylation is 2. The topological polar surface area (TPSA) is 17.8 Å². The molecule has 0 aliphatic carbocycles. The Kier molecular flexibility index (Phi) is 12.6. The fourth-order valence-electron chi connectivity index (χ4n) is 6.50. The van der Waals surface area contributed by atoms with Gasteiger partial charge in [0.05, 0.1) is 6.33 Å². The van der Waals surface area contributed by atoms with Gasteiger partial charge in [0.15, 0.2) is 8.07 Å². The Morgan fingerprint density at radius 3 is 1.38 bits per heavy atom. The van der Waals surface area contributed by atoms with Crippen molar-refractivity contribution in [1.82, 2.24) is 9.55 Å². The van der Waals surface area contributed by atoms with Crippen LogP contribution in [-0.2, 0) is 19.0 Å². The zero-order valence-corrected chi connectivity index (χ0v) is 29.4. The third-order valence-electron chi connectivity index (χ3n) is 9.38. The first-order valence-corrected chi connectivity index (χ1v) is 19.6. The minimum Gasteiger partial charge on any atom is -0.339 e. The summed E-state index contributed by atoms with van der Waals surface area (Å²) in [6.45, 7) is 7.25. The quantitative estimate of drug-likeness (QED) is 0.0973. The molecule has 0 unspecified atom stereocenters. The SMILES string of the molecule is CB(c1ccccc1)c1ccccc1.CCCCc1ccc([Si](Cn2ccnc2)(c2ccccc2)c2ccc(CCCC)cc2)cc1. The molecule has 6 rings (SSSR count). The molecule has 0 aliphatic rings. The lowest BCUT2D eigenvalue weighted by Gasteiger charge is -2.34. The zero-order valence-electron chi connectivity index (χ0n) is 28.4. The number of hydrogen-bond donors (Lipinski definition) is 0. The summed E-state index contributed by atoms with van der Waals surface area (Å²) in [5.41, 5.74) is 5.63. The Bertz CT molecular complexity index is 1610. The first-order chi connectivity index (χ1) is 23.1. The number of imidazole rings is 1. The van der Waals surface area contributed by atoms with Crippen LogP contribution in [0.1, 0.15) is 50.7 Å². The summed E-state index contributed by atoms with van der Waals surface area (Å²) in [6.07, 6.45) is 14.2. The van der Waals surface area contributed by atoms with Gasteiger partial charge in [0.1, 0.15) is 0 Å². The molecular formula is C43H49BN2Si. The van der Waals surface area contributed by atoms with Gasteiger partial charge in [-0.05, 0) is 52.4 Å². The van der Waals surface area contributed by atoms with E-state index in [9.17, 15) is 0 Å². The smallest absolute Gasteiger partial charge is 0.206 e. The highest BCUT2D eigenvalue weighted by Crippen LogP contribution is 2.14. The summed E-state index contributed by atoms with van der Waals surface area (Å²) in [7, 11) is -2.31. The molecule has 2 nitrogen and oxygen atoms in total. The van der Waals surface area contributed by atoms with E-state index < -0.39 is 8.07 Å².